The van der Waals surface area contributed by atoms with Crippen molar-refractivity contribution in [3.63, 3.8) is 0 Å². The lowest BCUT2D eigenvalue weighted by atomic mass is 10.2. The molecular formula is C25H31N7OS. The minimum Gasteiger partial charge on any atom is -0.378 e. The summed E-state index contributed by atoms with van der Waals surface area (Å²) in [5.41, 5.74) is 5.67. The second-order valence-electron chi connectivity index (χ2n) is 7.36. The van der Waals surface area contributed by atoms with Crippen LogP contribution in [-0.4, -0.2) is 45.7 Å². The third-order valence-corrected chi connectivity index (χ3v) is 6.05. The van der Waals surface area contributed by atoms with Crippen molar-refractivity contribution in [1.82, 2.24) is 20.2 Å². The van der Waals surface area contributed by atoms with Gasteiger partial charge in [-0.15, -0.1) is 16.8 Å². The molecule has 2 aromatic carbocycles. The molecule has 0 unspecified atom stereocenters. The molecule has 3 aromatic rings. The molecule has 0 saturated heterocycles. The second-order valence-corrected chi connectivity index (χ2v) is 8.31. The third kappa shape index (κ3) is 7.21. The van der Waals surface area contributed by atoms with E-state index in [-0.39, 0.29) is 11.7 Å². The van der Waals surface area contributed by atoms with E-state index >= 15 is 0 Å². The maximum Gasteiger partial charge on any atom is 0.250 e. The smallest absolute Gasteiger partial charge is 0.250 e. The summed E-state index contributed by atoms with van der Waals surface area (Å²) in [5, 5.41) is 16.6. The Bertz CT molecular complexity index is 1080. The lowest BCUT2D eigenvalue weighted by Crippen LogP contribution is -2.21. The maximum absolute atomic E-state index is 12.3. The number of nitrogens with zero attached hydrogens (tertiary/aromatic N) is 5. The molecule has 0 radical (unpaired) electrons. The molecule has 1 aromatic heterocycles. The number of hydrazone groups is 1. The summed E-state index contributed by atoms with van der Waals surface area (Å²) in [5.74, 6) is 0.746. The molecular weight excluding hydrogens is 446 g/mol. The zero-order valence-corrected chi connectivity index (χ0v) is 20.5. The van der Waals surface area contributed by atoms with Gasteiger partial charge in [-0.3, -0.25) is 4.79 Å². The van der Waals surface area contributed by atoms with Crippen LogP contribution < -0.4 is 15.6 Å². The highest BCUT2D eigenvalue weighted by atomic mass is 32.2. The van der Waals surface area contributed by atoms with E-state index in [0.717, 1.165) is 30.2 Å². The molecule has 0 fully saturated rings. The predicted molar refractivity (Wildman–Crippen MR) is 140 cm³/mol. The quantitative estimate of drug-likeness (QED) is 0.166. The van der Waals surface area contributed by atoms with Crippen molar-refractivity contribution in [1.29, 1.82) is 0 Å². The minimum absolute atomic E-state index is 0.180. The van der Waals surface area contributed by atoms with Gasteiger partial charge in [-0.05, 0) is 43.7 Å². The first-order valence-corrected chi connectivity index (χ1v) is 12.2. The van der Waals surface area contributed by atoms with Crippen LogP contribution in [-0.2, 0) is 17.9 Å². The number of rotatable bonds is 13. The molecule has 0 aliphatic heterocycles. The molecule has 0 aliphatic carbocycles. The first-order valence-electron chi connectivity index (χ1n) is 11.3. The Morgan fingerprint density at radius 3 is 2.53 bits per heavy atom. The second kappa shape index (κ2) is 13.2. The van der Waals surface area contributed by atoms with E-state index in [2.05, 4.69) is 63.5 Å². The first-order chi connectivity index (χ1) is 16.6. The monoisotopic (exact) mass is 477 g/mol. The van der Waals surface area contributed by atoms with Gasteiger partial charge in [-0.1, -0.05) is 48.2 Å². The van der Waals surface area contributed by atoms with E-state index in [0.29, 0.717) is 18.2 Å². The Kier molecular flexibility index (Phi) is 9.72. The Morgan fingerprint density at radius 2 is 1.85 bits per heavy atom. The number of benzene rings is 2. The van der Waals surface area contributed by atoms with Crippen molar-refractivity contribution in [3.8, 4) is 0 Å². The van der Waals surface area contributed by atoms with Crippen LogP contribution in [0.1, 0.15) is 25.2 Å². The van der Waals surface area contributed by atoms with Gasteiger partial charge in [0.25, 0.3) is 5.91 Å². The SMILES string of the molecule is C=CCn1c(CNc2ccccc2)nnc1SCC(=O)NN=Cc1ccc(N(CC)CC)cc1. The summed E-state index contributed by atoms with van der Waals surface area (Å²) in [4.78, 5) is 14.5. The van der Waals surface area contributed by atoms with Crippen LogP contribution >= 0.6 is 11.8 Å². The Morgan fingerprint density at radius 1 is 1.12 bits per heavy atom. The van der Waals surface area contributed by atoms with Crippen LogP contribution in [0.3, 0.4) is 0 Å². The number of thioether (sulfide) groups is 1. The molecule has 9 heteroatoms. The van der Waals surface area contributed by atoms with Crippen molar-refractivity contribution in [2.75, 3.05) is 29.1 Å². The van der Waals surface area contributed by atoms with Gasteiger partial charge >= 0.3 is 0 Å². The van der Waals surface area contributed by atoms with E-state index in [1.165, 1.54) is 17.4 Å². The fraction of sp³-hybridized carbons (Fsp3) is 0.280. The fourth-order valence-electron chi connectivity index (χ4n) is 3.31. The Labute approximate surface area is 205 Å². The topological polar surface area (TPSA) is 87.4 Å². The average Bonchev–Trinajstić information content (AvgIpc) is 3.25. The lowest BCUT2D eigenvalue weighted by Gasteiger charge is -2.20. The maximum atomic E-state index is 12.3. The summed E-state index contributed by atoms with van der Waals surface area (Å²) >= 11 is 1.32. The van der Waals surface area contributed by atoms with Crippen LogP contribution in [0.2, 0.25) is 0 Å². The van der Waals surface area contributed by atoms with Gasteiger partial charge in [0.15, 0.2) is 11.0 Å². The van der Waals surface area contributed by atoms with Crippen LogP contribution in [0.25, 0.3) is 0 Å². The van der Waals surface area contributed by atoms with Crippen molar-refractivity contribution < 1.29 is 4.79 Å². The molecule has 34 heavy (non-hydrogen) atoms. The number of para-hydroxylation sites is 1. The average molecular weight is 478 g/mol. The third-order valence-electron chi connectivity index (χ3n) is 5.09. The van der Waals surface area contributed by atoms with E-state index in [1.807, 2.05) is 47.0 Å². The number of hydrogen-bond donors (Lipinski definition) is 2. The molecule has 3 rings (SSSR count). The van der Waals surface area contributed by atoms with E-state index < -0.39 is 0 Å². The molecule has 0 saturated carbocycles. The summed E-state index contributed by atoms with van der Waals surface area (Å²) in [6.07, 6.45) is 3.43. The van der Waals surface area contributed by atoms with Crippen LogP contribution in [0.4, 0.5) is 11.4 Å². The zero-order valence-electron chi connectivity index (χ0n) is 19.6. The van der Waals surface area contributed by atoms with Gasteiger partial charge < -0.3 is 14.8 Å². The van der Waals surface area contributed by atoms with Gasteiger partial charge in [0.1, 0.15) is 0 Å². The number of allylic oxidation sites excluding steroid dienone is 1. The highest BCUT2D eigenvalue weighted by Crippen LogP contribution is 2.18. The number of anilines is 2. The summed E-state index contributed by atoms with van der Waals surface area (Å²) in [6, 6.07) is 18.0. The van der Waals surface area contributed by atoms with Crippen LogP contribution in [0.15, 0.2) is 77.5 Å². The number of carbonyl (C=O) groups excluding carboxylic acids is 1. The van der Waals surface area contributed by atoms with E-state index in [1.54, 1.807) is 12.3 Å². The van der Waals surface area contributed by atoms with Crippen molar-refractivity contribution in [2.24, 2.45) is 5.10 Å². The molecule has 0 aliphatic rings. The van der Waals surface area contributed by atoms with Crippen molar-refractivity contribution in [2.45, 2.75) is 32.1 Å². The zero-order chi connectivity index (χ0) is 24.2. The highest BCUT2D eigenvalue weighted by molar-refractivity contribution is 7.99. The Balaban J connectivity index is 1.51. The number of nitrogens with one attached hydrogen (secondary N) is 2. The molecule has 1 amide bonds. The van der Waals surface area contributed by atoms with E-state index in [4.69, 9.17) is 0 Å². The van der Waals surface area contributed by atoms with Crippen LogP contribution in [0, 0.1) is 0 Å². The number of carbonyl (C=O) groups is 1. The van der Waals surface area contributed by atoms with Gasteiger partial charge in [0.05, 0.1) is 18.5 Å². The van der Waals surface area contributed by atoms with Crippen LogP contribution in [0.5, 0.6) is 0 Å². The summed E-state index contributed by atoms with van der Waals surface area (Å²) in [7, 11) is 0. The fourth-order valence-corrected chi connectivity index (χ4v) is 4.07. The molecule has 0 atom stereocenters. The molecule has 178 valence electrons. The van der Waals surface area contributed by atoms with Crippen molar-refractivity contribution >= 4 is 35.3 Å². The molecule has 8 nitrogen and oxygen atoms in total. The van der Waals surface area contributed by atoms with Crippen molar-refractivity contribution in [3.05, 3.63) is 78.6 Å². The number of aromatic nitrogens is 3. The number of hydrogen-bond acceptors (Lipinski definition) is 7. The van der Waals surface area contributed by atoms with E-state index in [9.17, 15) is 4.79 Å². The summed E-state index contributed by atoms with van der Waals surface area (Å²) < 4.78 is 1.95. The first kappa shape index (κ1) is 25.0. The van der Waals surface area contributed by atoms with Gasteiger partial charge in [-0.25, -0.2) is 5.43 Å². The lowest BCUT2D eigenvalue weighted by molar-refractivity contribution is -0.118. The minimum atomic E-state index is -0.210. The molecule has 2 N–H and O–H groups in total. The largest absolute Gasteiger partial charge is 0.378 e. The Hall–Kier alpha value is -3.59. The number of amides is 1. The van der Waals surface area contributed by atoms with Gasteiger partial charge in [0.2, 0.25) is 0 Å². The summed E-state index contributed by atoms with van der Waals surface area (Å²) in [6.45, 7) is 11.1. The van der Waals surface area contributed by atoms with Gasteiger partial charge in [0, 0.05) is 31.0 Å². The highest BCUT2D eigenvalue weighted by Gasteiger charge is 2.13. The molecule has 0 bridgehead atoms. The molecule has 0 spiro atoms. The van der Waals surface area contributed by atoms with Gasteiger partial charge in [-0.2, -0.15) is 5.10 Å². The predicted octanol–water partition coefficient (Wildman–Crippen LogP) is 4.16. The standard InChI is InChI=1S/C25H31N7OS/c1-4-16-32-23(18-26-21-10-8-7-9-11-21)28-30-25(32)34-19-24(33)29-27-17-20-12-14-22(15-13-20)31(5-2)6-3/h4,7-15,17,26H,1,5-6,16,18-19H2,2-3H3,(H,29,33). The normalized spacial score (nSPS) is 10.9. The molecule has 1 heterocycles.